The van der Waals surface area contributed by atoms with Crippen molar-refractivity contribution in [2.24, 2.45) is 0 Å². The first-order chi connectivity index (χ1) is 15.3. The molecule has 0 bridgehead atoms. The maximum absolute atomic E-state index is 13.4. The standard InChI is InChI=1S/C24H20N4O3/c29-24(19-5-4-11-25-14-19)27(15-18-8-9-22-23(13-18)31-17-30-22)16-21-10-12-26-28(21)20-6-2-1-3-7-20/h1-14H,15-17H2. The van der Waals surface area contributed by atoms with Crippen LogP contribution in [0.3, 0.4) is 0 Å². The van der Waals surface area contributed by atoms with Gasteiger partial charge < -0.3 is 14.4 Å². The first kappa shape index (κ1) is 18.9. The fraction of sp³-hybridized carbons (Fsp3) is 0.125. The third kappa shape index (κ3) is 3.98. The highest BCUT2D eigenvalue weighted by molar-refractivity contribution is 5.93. The summed E-state index contributed by atoms with van der Waals surface area (Å²) in [7, 11) is 0. The largest absolute Gasteiger partial charge is 0.454 e. The number of nitrogens with zero attached hydrogens (tertiary/aromatic N) is 4. The number of hydrogen-bond acceptors (Lipinski definition) is 5. The van der Waals surface area contributed by atoms with Crippen molar-refractivity contribution in [2.45, 2.75) is 13.1 Å². The number of carbonyl (C=O) groups is 1. The van der Waals surface area contributed by atoms with Crippen molar-refractivity contribution < 1.29 is 14.3 Å². The number of benzene rings is 2. The summed E-state index contributed by atoms with van der Waals surface area (Å²) in [6, 6.07) is 21.1. The van der Waals surface area contributed by atoms with Crippen molar-refractivity contribution in [3.05, 3.63) is 102 Å². The van der Waals surface area contributed by atoms with E-state index in [1.807, 2.05) is 59.3 Å². The lowest BCUT2D eigenvalue weighted by atomic mass is 10.1. The summed E-state index contributed by atoms with van der Waals surface area (Å²) >= 11 is 0. The molecule has 31 heavy (non-hydrogen) atoms. The fourth-order valence-electron chi connectivity index (χ4n) is 3.58. The van der Waals surface area contributed by atoms with Crippen LogP contribution in [-0.2, 0) is 13.1 Å². The first-order valence-electron chi connectivity index (χ1n) is 9.94. The first-order valence-corrected chi connectivity index (χ1v) is 9.94. The van der Waals surface area contributed by atoms with E-state index in [9.17, 15) is 4.79 Å². The van der Waals surface area contributed by atoms with Gasteiger partial charge in [0.15, 0.2) is 11.5 Å². The highest BCUT2D eigenvalue weighted by atomic mass is 16.7. The van der Waals surface area contributed by atoms with Gasteiger partial charge in [0.1, 0.15) is 0 Å². The van der Waals surface area contributed by atoms with Gasteiger partial charge in [-0.2, -0.15) is 5.10 Å². The molecule has 0 fully saturated rings. The number of ether oxygens (including phenoxy) is 2. The molecule has 154 valence electrons. The van der Waals surface area contributed by atoms with Gasteiger partial charge in [-0.25, -0.2) is 4.68 Å². The topological polar surface area (TPSA) is 69.5 Å². The van der Waals surface area contributed by atoms with Gasteiger partial charge in [-0.1, -0.05) is 24.3 Å². The highest BCUT2D eigenvalue weighted by Crippen LogP contribution is 2.33. The fourth-order valence-corrected chi connectivity index (χ4v) is 3.58. The van der Waals surface area contributed by atoms with E-state index in [0.29, 0.717) is 24.4 Å². The lowest BCUT2D eigenvalue weighted by Crippen LogP contribution is -2.31. The Bertz CT molecular complexity index is 1190. The Morgan fingerprint density at radius 1 is 0.935 bits per heavy atom. The zero-order valence-corrected chi connectivity index (χ0v) is 16.7. The van der Waals surface area contributed by atoms with Crippen LogP contribution in [0.15, 0.2) is 85.3 Å². The zero-order valence-electron chi connectivity index (χ0n) is 16.7. The molecule has 1 aliphatic rings. The zero-order chi connectivity index (χ0) is 21.0. The van der Waals surface area contributed by atoms with Gasteiger partial charge in [-0.3, -0.25) is 9.78 Å². The summed E-state index contributed by atoms with van der Waals surface area (Å²) in [4.78, 5) is 19.2. The van der Waals surface area contributed by atoms with Crippen molar-refractivity contribution in [1.29, 1.82) is 0 Å². The Morgan fingerprint density at radius 2 is 1.81 bits per heavy atom. The molecule has 7 heteroatoms. The molecule has 1 amide bonds. The Balaban J connectivity index is 1.46. The van der Waals surface area contributed by atoms with E-state index in [0.717, 1.165) is 22.7 Å². The monoisotopic (exact) mass is 412 g/mol. The molecule has 3 heterocycles. The average molecular weight is 412 g/mol. The van der Waals surface area contributed by atoms with E-state index in [4.69, 9.17) is 9.47 Å². The Kier molecular flexibility index (Phi) is 5.06. The molecule has 0 N–H and O–H groups in total. The second-order valence-electron chi connectivity index (χ2n) is 7.16. The summed E-state index contributed by atoms with van der Waals surface area (Å²) in [5.41, 5.74) is 3.34. The molecule has 0 saturated carbocycles. The van der Waals surface area contributed by atoms with E-state index >= 15 is 0 Å². The van der Waals surface area contributed by atoms with Gasteiger partial charge in [-0.05, 0) is 48.0 Å². The van der Waals surface area contributed by atoms with Gasteiger partial charge >= 0.3 is 0 Å². The van der Waals surface area contributed by atoms with Crippen LogP contribution < -0.4 is 9.47 Å². The van der Waals surface area contributed by atoms with Gasteiger partial charge in [0.2, 0.25) is 6.79 Å². The third-order valence-corrected chi connectivity index (χ3v) is 5.08. The molecule has 2 aromatic heterocycles. The number of aromatic nitrogens is 3. The maximum Gasteiger partial charge on any atom is 0.256 e. The van der Waals surface area contributed by atoms with Crippen LogP contribution in [0.25, 0.3) is 5.69 Å². The molecule has 4 aromatic rings. The minimum atomic E-state index is -0.105. The molecule has 5 rings (SSSR count). The third-order valence-electron chi connectivity index (χ3n) is 5.08. The smallest absolute Gasteiger partial charge is 0.256 e. The van der Waals surface area contributed by atoms with Crippen molar-refractivity contribution >= 4 is 5.91 Å². The molecular formula is C24H20N4O3. The number of rotatable bonds is 6. The van der Waals surface area contributed by atoms with Crippen LogP contribution in [0, 0.1) is 0 Å². The lowest BCUT2D eigenvalue weighted by Gasteiger charge is -2.23. The molecule has 1 aliphatic heterocycles. The van der Waals surface area contributed by atoms with Gasteiger partial charge in [0, 0.05) is 25.1 Å². The normalized spacial score (nSPS) is 12.0. The summed E-state index contributed by atoms with van der Waals surface area (Å²) in [5.74, 6) is 1.31. The summed E-state index contributed by atoms with van der Waals surface area (Å²) in [5, 5.41) is 4.46. The molecule has 0 radical (unpaired) electrons. The number of hydrogen-bond donors (Lipinski definition) is 0. The van der Waals surface area contributed by atoms with E-state index in [2.05, 4.69) is 10.1 Å². The van der Waals surface area contributed by atoms with Crippen molar-refractivity contribution in [3.8, 4) is 17.2 Å². The number of amides is 1. The van der Waals surface area contributed by atoms with E-state index in [1.54, 1.807) is 35.6 Å². The Morgan fingerprint density at radius 3 is 2.65 bits per heavy atom. The molecule has 0 aliphatic carbocycles. The van der Waals surface area contributed by atoms with E-state index in [-0.39, 0.29) is 12.7 Å². The van der Waals surface area contributed by atoms with Crippen LogP contribution in [0.1, 0.15) is 21.6 Å². The highest BCUT2D eigenvalue weighted by Gasteiger charge is 2.21. The number of pyridine rings is 1. The van der Waals surface area contributed by atoms with Crippen molar-refractivity contribution in [1.82, 2.24) is 19.7 Å². The predicted octanol–water partition coefficient (Wildman–Crippen LogP) is 3.84. The predicted molar refractivity (Wildman–Crippen MR) is 114 cm³/mol. The van der Waals surface area contributed by atoms with Crippen LogP contribution in [0.2, 0.25) is 0 Å². The summed E-state index contributed by atoms with van der Waals surface area (Å²) < 4.78 is 12.8. The van der Waals surface area contributed by atoms with E-state index < -0.39 is 0 Å². The molecule has 0 unspecified atom stereocenters. The molecule has 0 spiro atoms. The average Bonchev–Trinajstić information content (AvgIpc) is 3.48. The molecular weight excluding hydrogens is 392 g/mol. The Labute approximate surface area is 179 Å². The Hall–Kier alpha value is -4.13. The minimum Gasteiger partial charge on any atom is -0.454 e. The number of fused-ring (bicyclic) bond motifs is 1. The number of carbonyl (C=O) groups excluding carboxylic acids is 1. The van der Waals surface area contributed by atoms with Crippen molar-refractivity contribution in [3.63, 3.8) is 0 Å². The second-order valence-corrected chi connectivity index (χ2v) is 7.16. The second kappa shape index (κ2) is 8.31. The minimum absolute atomic E-state index is 0.105. The lowest BCUT2D eigenvalue weighted by molar-refractivity contribution is 0.0726. The van der Waals surface area contributed by atoms with Crippen LogP contribution in [0.5, 0.6) is 11.5 Å². The quantitative estimate of drug-likeness (QED) is 0.481. The number of para-hydroxylation sites is 1. The molecule has 2 aromatic carbocycles. The van der Waals surface area contributed by atoms with E-state index in [1.165, 1.54) is 0 Å². The maximum atomic E-state index is 13.4. The molecule has 0 saturated heterocycles. The van der Waals surface area contributed by atoms with Gasteiger partial charge in [0.25, 0.3) is 5.91 Å². The molecule has 0 atom stereocenters. The summed E-state index contributed by atoms with van der Waals surface area (Å²) in [6.45, 7) is 1.01. The van der Waals surface area contributed by atoms with Crippen molar-refractivity contribution in [2.75, 3.05) is 6.79 Å². The van der Waals surface area contributed by atoms with Gasteiger partial charge in [0.05, 0.1) is 23.5 Å². The summed E-state index contributed by atoms with van der Waals surface area (Å²) in [6.07, 6.45) is 4.99. The SMILES string of the molecule is O=C(c1cccnc1)N(Cc1ccc2c(c1)OCO2)Cc1ccnn1-c1ccccc1. The van der Waals surface area contributed by atoms with Crippen LogP contribution in [-0.4, -0.2) is 32.4 Å². The van der Waals surface area contributed by atoms with Crippen LogP contribution >= 0.6 is 0 Å². The van der Waals surface area contributed by atoms with Gasteiger partial charge in [-0.15, -0.1) is 0 Å². The van der Waals surface area contributed by atoms with Crippen LogP contribution in [0.4, 0.5) is 0 Å². The molecule has 7 nitrogen and oxygen atoms in total.